The van der Waals surface area contributed by atoms with Crippen LogP contribution in [0.4, 0.5) is 0 Å². The lowest BCUT2D eigenvalue weighted by Crippen LogP contribution is -2.54. The van der Waals surface area contributed by atoms with Crippen molar-refractivity contribution in [3.63, 3.8) is 0 Å². The van der Waals surface area contributed by atoms with Gasteiger partial charge in [-0.2, -0.15) is 0 Å². The Hall–Kier alpha value is -3.09. The molecule has 2 aromatic rings. The Kier molecular flexibility index (Phi) is 3.96. The highest BCUT2D eigenvalue weighted by molar-refractivity contribution is 5.94. The van der Waals surface area contributed by atoms with Crippen LogP contribution in [0.1, 0.15) is 34.4 Å². The van der Waals surface area contributed by atoms with Gasteiger partial charge in [-0.1, -0.05) is 18.2 Å². The van der Waals surface area contributed by atoms with Gasteiger partial charge in [0.05, 0.1) is 11.8 Å². The Bertz CT molecular complexity index is 999. The quantitative estimate of drug-likeness (QED) is 0.744. The number of amides is 2. The smallest absolute Gasteiger partial charge is 0.257 e. The van der Waals surface area contributed by atoms with Crippen LogP contribution in [0.5, 0.6) is 0 Å². The van der Waals surface area contributed by atoms with Gasteiger partial charge in [-0.15, -0.1) is 0 Å². The number of pyridine rings is 1. The van der Waals surface area contributed by atoms with Gasteiger partial charge in [0.2, 0.25) is 5.91 Å². The van der Waals surface area contributed by atoms with Crippen molar-refractivity contribution in [3.05, 3.63) is 70.6 Å². The number of carbonyl (C=O) groups excluding carboxylic acids is 2. The lowest BCUT2D eigenvalue weighted by molar-refractivity contribution is -0.136. The fourth-order valence-corrected chi connectivity index (χ4v) is 4.83. The monoisotopic (exact) mass is 379 g/mol. The minimum Gasteiger partial charge on any atom is -0.472 e. The predicted molar refractivity (Wildman–Crippen MR) is 101 cm³/mol. The maximum atomic E-state index is 13.3. The van der Waals surface area contributed by atoms with Gasteiger partial charge < -0.3 is 14.2 Å². The Morgan fingerprint density at radius 1 is 1.04 bits per heavy atom. The molecular formula is C21H21N3O4. The van der Waals surface area contributed by atoms with E-state index in [4.69, 9.17) is 4.42 Å². The first-order chi connectivity index (χ1) is 13.6. The van der Waals surface area contributed by atoms with Gasteiger partial charge in [0.1, 0.15) is 12.3 Å². The summed E-state index contributed by atoms with van der Waals surface area (Å²) in [5.41, 5.74) is 1.21. The number of hydrogen-bond acceptors (Lipinski definition) is 4. The number of piperidine rings is 1. The first-order valence-corrected chi connectivity index (χ1v) is 9.60. The summed E-state index contributed by atoms with van der Waals surface area (Å²) in [6.07, 6.45) is 7.67. The van der Waals surface area contributed by atoms with E-state index in [9.17, 15) is 14.4 Å². The number of rotatable bonds is 2. The summed E-state index contributed by atoms with van der Waals surface area (Å²) in [5, 5.41) is 0. The zero-order valence-corrected chi connectivity index (χ0v) is 15.4. The van der Waals surface area contributed by atoms with Crippen LogP contribution in [-0.4, -0.2) is 52.4 Å². The molecule has 0 aromatic carbocycles. The van der Waals surface area contributed by atoms with Gasteiger partial charge >= 0.3 is 0 Å². The van der Waals surface area contributed by atoms with E-state index in [1.165, 1.54) is 18.6 Å². The third kappa shape index (κ3) is 2.61. The van der Waals surface area contributed by atoms with E-state index in [1.54, 1.807) is 26.5 Å². The number of fused-ring (bicyclic) bond motifs is 4. The molecule has 2 bridgehead atoms. The largest absolute Gasteiger partial charge is 0.472 e. The van der Waals surface area contributed by atoms with Gasteiger partial charge in [0.15, 0.2) is 0 Å². The van der Waals surface area contributed by atoms with Crippen molar-refractivity contribution >= 4 is 11.8 Å². The molecule has 5 heterocycles. The first kappa shape index (κ1) is 17.0. The number of hydrogen-bond donors (Lipinski definition) is 0. The van der Waals surface area contributed by atoms with Crippen LogP contribution in [0.25, 0.3) is 0 Å². The van der Waals surface area contributed by atoms with E-state index in [-0.39, 0.29) is 29.2 Å². The zero-order chi connectivity index (χ0) is 19.3. The Labute approximate surface area is 161 Å². The van der Waals surface area contributed by atoms with E-state index in [0.717, 1.165) is 12.1 Å². The second-order valence-electron chi connectivity index (χ2n) is 7.73. The molecule has 5 rings (SSSR count). The topological polar surface area (TPSA) is 75.8 Å². The number of likely N-dealkylation sites (tertiary alicyclic amines) is 1. The minimum absolute atomic E-state index is 0.0411. The molecule has 1 fully saturated rings. The molecular weight excluding hydrogens is 358 g/mol. The molecule has 2 amide bonds. The average Bonchev–Trinajstić information content (AvgIpc) is 3.42. The molecule has 3 aliphatic rings. The maximum absolute atomic E-state index is 13.3. The number of nitrogens with zero attached hydrogens (tertiary/aromatic N) is 3. The second kappa shape index (κ2) is 6.51. The summed E-state index contributed by atoms with van der Waals surface area (Å²) in [5.74, 6) is -0.176. The molecule has 3 aliphatic heterocycles. The van der Waals surface area contributed by atoms with Gasteiger partial charge in [-0.05, 0) is 18.6 Å². The van der Waals surface area contributed by atoms with Crippen LogP contribution in [0, 0.1) is 5.92 Å². The maximum Gasteiger partial charge on any atom is 0.257 e. The molecule has 0 N–H and O–H groups in total. The molecule has 2 aromatic heterocycles. The third-order valence-corrected chi connectivity index (χ3v) is 6.09. The lowest BCUT2D eigenvalue weighted by atomic mass is 9.77. The zero-order valence-electron chi connectivity index (χ0n) is 15.4. The van der Waals surface area contributed by atoms with Crippen molar-refractivity contribution in [3.8, 4) is 0 Å². The average molecular weight is 379 g/mol. The van der Waals surface area contributed by atoms with Crippen LogP contribution >= 0.6 is 0 Å². The van der Waals surface area contributed by atoms with Crippen LogP contribution in [0.2, 0.25) is 0 Å². The number of carbonyl (C=O) groups is 2. The Morgan fingerprint density at radius 2 is 1.86 bits per heavy atom. The summed E-state index contributed by atoms with van der Waals surface area (Å²) in [6, 6.07) is 6.26. The van der Waals surface area contributed by atoms with E-state index < -0.39 is 6.04 Å². The molecule has 7 heteroatoms. The summed E-state index contributed by atoms with van der Waals surface area (Å²) < 4.78 is 6.74. The molecule has 1 saturated heterocycles. The highest BCUT2D eigenvalue weighted by Gasteiger charge is 2.46. The second-order valence-corrected chi connectivity index (χ2v) is 7.73. The van der Waals surface area contributed by atoms with E-state index in [0.29, 0.717) is 31.7 Å². The van der Waals surface area contributed by atoms with Gasteiger partial charge in [-0.25, -0.2) is 0 Å². The summed E-state index contributed by atoms with van der Waals surface area (Å²) >= 11 is 0. The molecule has 0 aliphatic carbocycles. The van der Waals surface area contributed by atoms with Crippen molar-refractivity contribution in [1.29, 1.82) is 0 Å². The number of aromatic nitrogens is 1. The third-order valence-electron chi connectivity index (χ3n) is 6.09. The molecule has 0 unspecified atom stereocenters. The number of furan rings is 1. The Morgan fingerprint density at radius 3 is 2.61 bits per heavy atom. The SMILES string of the molecule is O=C(c1ccoc1)N1C[C@H]2C[C@@H](C1)[C@H](C(=O)N1CC=CC1)n1c2cccc1=O. The standard InChI is InChI=1S/C21H21N3O4/c25-18-5-3-4-17-15-10-16(12-23(11-15)20(26)14-6-9-28-13-14)19(24(17)18)21(27)22-7-1-2-8-22/h1-6,9,13,15-16,19H,7-8,10-12H2/t15-,16+,19-/m1/s1. The van der Waals surface area contributed by atoms with Crippen molar-refractivity contribution in [1.82, 2.24) is 14.4 Å². The minimum atomic E-state index is -0.570. The molecule has 7 nitrogen and oxygen atoms in total. The van der Waals surface area contributed by atoms with Gasteiger partial charge in [-0.3, -0.25) is 19.0 Å². The van der Waals surface area contributed by atoms with Crippen molar-refractivity contribution in [2.75, 3.05) is 26.2 Å². The summed E-state index contributed by atoms with van der Waals surface area (Å²) in [4.78, 5) is 42.5. The summed E-state index contributed by atoms with van der Waals surface area (Å²) in [6.45, 7) is 2.13. The van der Waals surface area contributed by atoms with Gasteiger partial charge in [0, 0.05) is 49.8 Å². The fourth-order valence-electron chi connectivity index (χ4n) is 4.83. The van der Waals surface area contributed by atoms with E-state index in [2.05, 4.69) is 0 Å². The Balaban J connectivity index is 1.54. The van der Waals surface area contributed by atoms with Crippen LogP contribution in [-0.2, 0) is 4.79 Å². The molecule has 0 saturated carbocycles. The predicted octanol–water partition coefficient (Wildman–Crippen LogP) is 1.64. The van der Waals surface area contributed by atoms with Crippen molar-refractivity contribution < 1.29 is 14.0 Å². The van der Waals surface area contributed by atoms with Gasteiger partial charge in [0.25, 0.3) is 11.5 Å². The summed E-state index contributed by atoms with van der Waals surface area (Å²) in [7, 11) is 0. The molecule has 0 radical (unpaired) electrons. The molecule has 144 valence electrons. The highest BCUT2D eigenvalue weighted by Crippen LogP contribution is 2.42. The lowest BCUT2D eigenvalue weighted by Gasteiger charge is -2.46. The van der Waals surface area contributed by atoms with Crippen LogP contribution in [0.3, 0.4) is 0 Å². The van der Waals surface area contributed by atoms with Crippen molar-refractivity contribution in [2.45, 2.75) is 18.4 Å². The molecule has 0 spiro atoms. The van der Waals surface area contributed by atoms with Crippen molar-refractivity contribution in [2.24, 2.45) is 5.92 Å². The molecule has 28 heavy (non-hydrogen) atoms. The van der Waals surface area contributed by atoms with E-state index in [1.807, 2.05) is 18.2 Å². The molecule has 3 atom stereocenters. The van der Waals surface area contributed by atoms with Crippen LogP contribution < -0.4 is 5.56 Å². The van der Waals surface area contributed by atoms with Crippen LogP contribution in [0.15, 0.2) is 58.2 Å². The van der Waals surface area contributed by atoms with E-state index >= 15 is 0 Å². The fraction of sp³-hybridized carbons (Fsp3) is 0.381. The normalized spacial score (nSPS) is 25.6. The first-order valence-electron chi connectivity index (χ1n) is 9.60. The highest BCUT2D eigenvalue weighted by atomic mass is 16.3.